The topological polar surface area (TPSA) is 34.0 Å². The molecule has 4 rings (SSSR count). The minimum atomic E-state index is -0.244. The van der Waals surface area contributed by atoms with E-state index in [1.54, 1.807) is 23.5 Å². The number of rotatable bonds is 4. The maximum absolute atomic E-state index is 13.2. The second-order valence-corrected chi connectivity index (χ2v) is 8.29. The van der Waals surface area contributed by atoms with Crippen molar-refractivity contribution in [3.05, 3.63) is 58.9 Å². The number of carbonyl (C=O) groups is 1. The van der Waals surface area contributed by atoms with Crippen molar-refractivity contribution in [1.29, 1.82) is 0 Å². The molecular formula is C21H23FN2OS. The second-order valence-electron chi connectivity index (χ2n) is 7.34. The van der Waals surface area contributed by atoms with Crippen molar-refractivity contribution in [3.63, 3.8) is 0 Å². The number of carbonyl (C=O) groups excluding carboxylic acids is 1. The third-order valence-corrected chi connectivity index (χ3v) is 6.21. The molecule has 0 atom stereocenters. The number of thiophene rings is 1. The highest BCUT2D eigenvalue weighted by Crippen LogP contribution is 2.28. The van der Waals surface area contributed by atoms with Gasteiger partial charge in [-0.05, 0) is 66.8 Å². The first-order valence-electron chi connectivity index (χ1n) is 9.22. The van der Waals surface area contributed by atoms with Crippen LogP contribution in [0.1, 0.15) is 48.7 Å². The second kappa shape index (κ2) is 7.23. The molecule has 2 aromatic heterocycles. The Morgan fingerprint density at radius 3 is 2.65 bits per heavy atom. The number of benzene rings is 1. The molecular weight excluding hydrogens is 347 g/mol. The van der Waals surface area contributed by atoms with Crippen LogP contribution in [0.2, 0.25) is 0 Å². The maximum atomic E-state index is 13.2. The van der Waals surface area contributed by atoms with E-state index >= 15 is 0 Å². The Balaban J connectivity index is 1.59. The van der Waals surface area contributed by atoms with Gasteiger partial charge in [0, 0.05) is 12.6 Å². The van der Waals surface area contributed by atoms with Crippen molar-refractivity contribution in [2.24, 2.45) is 5.92 Å². The van der Waals surface area contributed by atoms with Crippen molar-refractivity contribution < 1.29 is 9.18 Å². The third-order valence-electron chi connectivity index (χ3n) is 5.36. The number of aromatic nitrogens is 1. The van der Waals surface area contributed by atoms with Gasteiger partial charge in [0.2, 0.25) is 0 Å². The Kier molecular flexibility index (Phi) is 4.81. The van der Waals surface area contributed by atoms with Crippen LogP contribution in [0.4, 0.5) is 4.39 Å². The summed E-state index contributed by atoms with van der Waals surface area (Å²) in [4.78, 5) is 12.9. The van der Waals surface area contributed by atoms with E-state index in [0.717, 1.165) is 34.5 Å². The Morgan fingerprint density at radius 1 is 1.19 bits per heavy atom. The molecule has 0 bridgehead atoms. The molecule has 5 heteroatoms. The van der Waals surface area contributed by atoms with Crippen LogP contribution in [0, 0.1) is 11.7 Å². The van der Waals surface area contributed by atoms with E-state index in [4.69, 9.17) is 0 Å². The van der Waals surface area contributed by atoms with Gasteiger partial charge in [0.15, 0.2) is 0 Å². The van der Waals surface area contributed by atoms with E-state index in [9.17, 15) is 9.18 Å². The molecule has 136 valence electrons. The van der Waals surface area contributed by atoms with E-state index < -0.39 is 0 Å². The smallest absolute Gasteiger partial charge is 0.268 e. The summed E-state index contributed by atoms with van der Waals surface area (Å²) in [6, 6.07) is 10.8. The average molecular weight is 370 g/mol. The summed E-state index contributed by atoms with van der Waals surface area (Å²) in [7, 11) is 0. The molecule has 1 saturated carbocycles. The highest BCUT2D eigenvalue weighted by atomic mass is 32.1. The first kappa shape index (κ1) is 17.3. The van der Waals surface area contributed by atoms with Crippen LogP contribution in [-0.4, -0.2) is 16.5 Å². The lowest BCUT2D eigenvalue weighted by Gasteiger charge is -2.27. The molecule has 1 fully saturated rings. The lowest BCUT2D eigenvalue weighted by molar-refractivity contribution is 0.0914. The zero-order chi connectivity index (χ0) is 18.1. The molecule has 3 nitrogen and oxygen atoms in total. The quantitative estimate of drug-likeness (QED) is 0.673. The van der Waals surface area contributed by atoms with Crippen LogP contribution in [-0.2, 0) is 6.54 Å². The zero-order valence-electron chi connectivity index (χ0n) is 14.9. The van der Waals surface area contributed by atoms with Gasteiger partial charge in [-0.1, -0.05) is 19.1 Å². The molecule has 1 amide bonds. The van der Waals surface area contributed by atoms with Crippen LogP contribution in [0.5, 0.6) is 0 Å². The first-order chi connectivity index (χ1) is 12.6. The van der Waals surface area contributed by atoms with Crippen LogP contribution in [0.3, 0.4) is 0 Å². The van der Waals surface area contributed by atoms with E-state index in [1.165, 1.54) is 25.0 Å². The molecule has 1 aliphatic carbocycles. The molecule has 0 saturated heterocycles. The van der Waals surface area contributed by atoms with Gasteiger partial charge in [0.1, 0.15) is 11.5 Å². The van der Waals surface area contributed by atoms with Crippen LogP contribution >= 0.6 is 11.3 Å². The SMILES string of the molecule is CC1CCC(NC(=O)c2cc3sccc3n2Cc2ccc(F)cc2)CC1. The van der Waals surface area contributed by atoms with Crippen LogP contribution in [0.25, 0.3) is 10.2 Å². The van der Waals surface area contributed by atoms with Crippen molar-refractivity contribution in [1.82, 2.24) is 9.88 Å². The zero-order valence-corrected chi connectivity index (χ0v) is 15.7. The molecule has 0 radical (unpaired) electrons. The Morgan fingerprint density at radius 2 is 1.92 bits per heavy atom. The summed E-state index contributed by atoms with van der Waals surface area (Å²) in [6.45, 7) is 2.84. The number of halogens is 1. The number of amides is 1. The minimum absolute atomic E-state index is 0.00457. The fourth-order valence-electron chi connectivity index (χ4n) is 3.77. The largest absolute Gasteiger partial charge is 0.348 e. The molecule has 1 aromatic carbocycles. The monoisotopic (exact) mass is 370 g/mol. The third kappa shape index (κ3) is 3.54. The lowest BCUT2D eigenvalue weighted by atomic mass is 9.87. The summed E-state index contributed by atoms with van der Waals surface area (Å²) >= 11 is 1.64. The van der Waals surface area contributed by atoms with Gasteiger partial charge in [-0.2, -0.15) is 0 Å². The van der Waals surface area contributed by atoms with E-state index in [2.05, 4.69) is 12.2 Å². The van der Waals surface area contributed by atoms with Gasteiger partial charge in [0.25, 0.3) is 5.91 Å². The van der Waals surface area contributed by atoms with E-state index in [1.807, 2.05) is 22.1 Å². The van der Waals surface area contributed by atoms with Crippen molar-refractivity contribution in [2.75, 3.05) is 0 Å². The predicted octanol–water partition coefficient (Wildman–Crippen LogP) is 5.20. The first-order valence-corrected chi connectivity index (χ1v) is 10.1. The van der Waals surface area contributed by atoms with Crippen LogP contribution < -0.4 is 5.32 Å². The van der Waals surface area contributed by atoms with Gasteiger partial charge in [-0.3, -0.25) is 4.79 Å². The van der Waals surface area contributed by atoms with E-state index in [0.29, 0.717) is 12.2 Å². The summed E-state index contributed by atoms with van der Waals surface area (Å²) in [5.74, 6) is 0.511. The summed E-state index contributed by atoms with van der Waals surface area (Å²) in [5.41, 5.74) is 2.73. The average Bonchev–Trinajstić information content (AvgIpc) is 3.21. The number of nitrogens with one attached hydrogen (secondary N) is 1. The van der Waals surface area contributed by atoms with E-state index in [-0.39, 0.29) is 17.8 Å². The van der Waals surface area contributed by atoms with Gasteiger partial charge in [-0.25, -0.2) is 4.39 Å². The lowest BCUT2D eigenvalue weighted by Crippen LogP contribution is -2.38. The fraction of sp³-hybridized carbons (Fsp3) is 0.381. The van der Waals surface area contributed by atoms with Gasteiger partial charge >= 0.3 is 0 Å². The molecule has 0 aliphatic heterocycles. The van der Waals surface area contributed by atoms with Crippen LogP contribution in [0.15, 0.2) is 41.8 Å². The molecule has 2 heterocycles. The molecule has 1 aliphatic rings. The highest BCUT2D eigenvalue weighted by Gasteiger charge is 2.23. The maximum Gasteiger partial charge on any atom is 0.268 e. The minimum Gasteiger partial charge on any atom is -0.348 e. The Hall–Kier alpha value is -2.14. The molecule has 3 aromatic rings. The van der Waals surface area contributed by atoms with Gasteiger partial charge in [0.05, 0.1) is 10.2 Å². The Bertz CT molecular complexity index is 904. The number of nitrogens with zero attached hydrogens (tertiary/aromatic N) is 1. The summed E-state index contributed by atoms with van der Waals surface area (Å²) in [5, 5.41) is 5.26. The predicted molar refractivity (Wildman–Crippen MR) is 104 cm³/mol. The van der Waals surface area contributed by atoms with Crippen molar-refractivity contribution in [2.45, 2.75) is 45.2 Å². The summed E-state index contributed by atoms with van der Waals surface area (Å²) in [6.07, 6.45) is 4.47. The molecule has 1 N–H and O–H groups in total. The standard InChI is InChI=1S/C21H23FN2OS/c1-14-2-8-17(9-3-14)23-21(25)19-12-20-18(10-11-26-20)24(19)13-15-4-6-16(22)7-5-15/h4-7,10-12,14,17H,2-3,8-9,13H2,1H3,(H,23,25). The van der Waals surface area contributed by atoms with Gasteiger partial charge < -0.3 is 9.88 Å². The normalized spacial score (nSPS) is 20.4. The number of hydrogen-bond donors (Lipinski definition) is 1. The van der Waals surface area contributed by atoms with Crippen molar-refractivity contribution in [3.8, 4) is 0 Å². The van der Waals surface area contributed by atoms with Crippen molar-refractivity contribution >= 4 is 27.5 Å². The van der Waals surface area contributed by atoms with Gasteiger partial charge in [-0.15, -0.1) is 11.3 Å². The highest BCUT2D eigenvalue weighted by molar-refractivity contribution is 7.17. The fourth-order valence-corrected chi connectivity index (χ4v) is 4.59. The molecule has 26 heavy (non-hydrogen) atoms. The molecule has 0 unspecified atom stereocenters. The Labute approximate surface area is 156 Å². The summed E-state index contributed by atoms with van der Waals surface area (Å²) < 4.78 is 16.3. The number of hydrogen-bond acceptors (Lipinski definition) is 2. The molecule has 0 spiro atoms. The number of fused-ring (bicyclic) bond motifs is 1.